The van der Waals surface area contributed by atoms with Gasteiger partial charge in [-0.15, -0.1) is 11.3 Å². The molecular weight excluding hydrogens is 310 g/mol. The molecule has 0 fully saturated rings. The summed E-state index contributed by atoms with van der Waals surface area (Å²) in [7, 11) is 0. The van der Waals surface area contributed by atoms with E-state index in [-0.39, 0.29) is 5.91 Å². The molecule has 1 N–H and O–H groups in total. The van der Waals surface area contributed by atoms with Gasteiger partial charge in [-0.2, -0.15) is 0 Å². The fourth-order valence-corrected chi connectivity index (χ4v) is 2.72. The third-order valence-corrected chi connectivity index (χ3v) is 3.90. The van der Waals surface area contributed by atoms with Gasteiger partial charge in [-0.05, 0) is 53.2 Å². The van der Waals surface area contributed by atoms with Crippen LogP contribution in [0.25, 0.3) is 6.08 Å². The molecule has 2 nitrogen and oxygen atoms in total. The van der Waals surface area contributed by atoms with Crippen molar-refractivity contribution in [3.8, 4) is 0 Å². The summed E-state index contributed by atoms with van der Waals surface area (Å²) < 4.78 is 1.06. The number of rotatable bonds is 3. The predicted molar refractivity (Wildman–Crippen MR) is 80.9 cm³/mol. The summed E-state index contributed by atoms with van der Waals surface area (Å²) >= 11 is 4.97. The van der Waals surface area contributed by atoms with Crippen LogP contribution >= 0.6 is 27.3 Å². The molecule has 1 heterocycles. The van der Waals surface area contributed by atoms with E-state index in [1.165, 1.54) is 11.6 Å². The van der Waals surface area contributed by atoms with Crippen LogP contribution in [0.1, 0.15) is 10.4 Å². The summed E-state index contributed by atoms with van der Waals surface area (Å²) in [4.78, 5) is 12.7. The maximum atomic E-state index is 11.7. The Morgan fingerprint density at radius 2 is 1.94 bits per heavy atom. The quantitative estimate of drug-likeness (QED) is 0.830. The lowest BCUT2D eigenvalue weighted by Crippen LogP contribution is -2.07. The van der Waals surface area contributed by atoms with E-state index in [9.17, 15) is 4.79 Å². The molecule has 0 spiro atoms. The fourth-order valence-electron chi connectivity index (χ4n) is 1.40. The first-order valence-corrected chi connectivity index (χ1v) is 7.05. The van der Waals surface area contributed by atoms with Gasteiger partial charge in [0.2, 0.25) is 5.91 Å². The van der Waals surface area contributed by atoms with Crippen molar-refractivity contribution in [1.82, 2.24) is 0 Å². The highest BCUT2D eigenvalue weighted by molar-refractivity contribution is 9.11. The summed E-state index contributed by atoms with van der Waals surface area (Å²) in [5, 5.41) is 2.81. The summed E-state index contributed by atoms with van der Waals surface area (Å²) in [6.07, 6.45) is 3.34. The molecule has 0 bridgehead atoms. The molecule has 0 unspecified atom stereocenters. The molecule has 0 radical (unpaired) electrons. The lowest BCUT2D eigenvalue weighted by Gasteiger charge is -2.01. The van der Waals surface area contributed by atoms with E-state index in [0.717, 1.165) is 14.4 Å². The van der Waals surface area contributed by atoms with Crippen LogP contribution in [0.4, 0.5) is 5.69 Å². The van der Waals surface area contributed by atoms with Gasteiger partial charge < -0.3 is 5.32 Å². The van der Waals surface area contributed by atoms with Crippen molar-refractivity contribution in [2.75, 3.05) is 5.32 Å². The zero-order chi connectivity index (χ0) is 13.0. The van der Waals surface area contributed by atoms with Gasteiger partial charge in [-0.1, -0.05) is 17.7 Å². The Labute approximate surface area is 118 Å². The number of anilines is 1. The van der Waals surface area contributed by atoms with Crippen molar-refractivity contribution in [2.45, 2.75) is 6.92 Å². The number of hydrogen-bond acceptors (Lipinski definition) is 2. The monoisotopic (exact) mass is 321 g/mol. The van der Waals surface area contributed by atoms with Crippen molar-refractivity contribution in [2.24, 2.45) is 0 Å². The van der Waals surface area contributed by atoms with E-state index < -0.39 is 0 Å². The van der Waals surface area contributed by atoms with Crippen LogP contribution in [0, 0.1) is 6.92 Å². The zero-order valence-corrected chi connectivity index (χ0v) is 12.2. The Morgan fingerprint density at radius 3 is 2.56 bits per heavy atom. The Kier molecular flexibility index (Phi) is 4.33. The van der Waals surface area contributed by atoms with Crippen LogP contribution in [0.5, 0.6) is 0 Å². The molecule has 4 heteroatoms. The average molecular weight is 322 g/mol. The van der Waals surface area contributed by atoms with Gasteiger partial charge in [0.1, 0.15) is 0 Å². The van der Waals surface area contributed by atoms with Crippen LogP contribution in [0.2, 0.25) is 0 Å². The van der Waals surface area contributed by atoms with E-state index in [0.29, 0.717) is 0 Å². The smallest absolute Gasteiger partial charge is 0.248 e. The van der Waals surface area contributed by atoms with Crippen molar-refractivity contribution in [3.63, 3.8) is 0 Å². The van der Waals surface area contributed by atoms with Crippen LogP contribution in [-0.4, -0.2) is 5.91 Å². The summed E-state index contributed by atoms with van der Waals surface area (Å²) in [6.45, 7) is 2.01. The minimum Gasteiger partial charge on any atom is -0.323 e. The van der Waals surface area contributed by atoms with Crippen molar-refractivity contribution >= 4 is 44.9 Å². The number of benzene rings is 1. The van der Waals surface area contributed by atoms with Crippen molar-refractivity contribution in [3.05, 3.63) is 56.7 Å². The minimum atomic E-state index is -0.122. The molecule has 0 saturated heterocycles. The molecule has 1 aromatic heterocycles. The lowest BCUT2D eigenvalue weighted by molar-refractivity contribution is -0.111. The van der Waals surface area contributed by atoms with E-state index in [4.69, 9.17) is 0 Å². The predicted octanol–water partition coefficient (Wildman–Crippen LogP) is 4.47. The van der Waals surface area contributed by atoms with Gasteiger partial charge in [-0.25, -0.2) is 0 Å². The zero-order valence-electron chi connectivity index (χ0n) is 9.81. The first-order valence-electron chi connectivity index (χ1n) is 5.44. The first kappa shape index (κ1) is 13.1. The first-order chi connectivity index (χ1) is 8.63. The Balaban J connectivity index is 1.96. The molecule has 0 aliphatic carbocycles. The Bertz CT molecular complexity index is 572. The molecule has 18 heavy (non-hydrogen) atoms. The molecule has 0 atom stereocenters. The number of thiophene rings is 1. The summed E-state index contributed by atoms with van der Waals surface area (Å²) in [6, 6.07) is 11.6. The van der Waals surface area contributed by atoms with Crippen LogP contribution < -0.4 is 5.32 Å². The molecule has 1 amide bonds. The molecule has 92 valence electrons. The Morgan fingerprint density at radius 1 is 1.22 bits per heavy atom. The third kappa shape index (κ3) is 3.82. The number of nitrogens with one attached hydrogen (secondary N) is 1. The van der Waals surface area contributed by atoms with E-state index in [2.05, 4.69) is 21.2 Å². The van der Waals surface area contributed by atoms with Crippen molar-refractivity contribution in [1.29, 1.82) is 0 Å². The second-order valence-corrected chi connectivity index (χ2v) is 6.33. The number of amides is 1. The van der Waals surface area contributed by atoms with Gasteiger partial charge >= 0.3 is 0 Å². The van der Waals surface area contributed by atoms with Crippen molar-refractivity contribution < 1.29 is 4.79 Å². The second kappa shape index (κ2) is 5.98. The highest BCUT2D eigenvalue weighted by atomic mass is 79.9. The van der Waals surface area contributed by atoms with Gasteiger partial charge in [-0.3, -0.25) is 4.79 Å². The topological polar surface area (TPSA) is 29.1 Å². The largest absolute Gasteiger partial charge is 0.323 e. The molecule has 0 saturated carbocycles. The maximum Gasteiger partial charge on any atom is 0.248 e. The number of carbonyl (C=O) groups is 1. The van der Waals surface area contributed by atoms with Gasteiger partial charge in [0, 0.05) is 16.6 Å². The normalized spacial score (nSPS) is 10.8. The van der Waals surface area contributed by atoms with Gasteiger partial charge in [0.05, 0.1) is 3.79 Å². The van der Waals surface area contributed by atoms with E-state index in [1.807, 2.05) is 43.3 Å². The van der Waals surface area contributed by atoms with Crippen LogP contribution in [-0.2, 0) is 4.79 Å². The maximum absolute atomic E-state index is 11.7. The Hall–Kier alpha value is -1.39. The highest BCUT2D eigenvalue weighted by Crippen LogP contribution is 2.23. The number of carbonyl (C=O) groups excluding carboxylic acids is 1. The highest BCUT2D eigenvalue weighted by Gasteiger charge is 1.98. The fraction of sp³-hybridized carbons (Fsp3) is 0.0714. The number of aryl methyl sites for hydroxylation is 1. The SMILES string of the molecule is Cc1ccc(NC(=O)C=Cc2ccc(Br)s2)cc1. The third-order valence-electron chi connectivity index (χ3n) is 2.31. The van der Waals surface area contributed by atoms with Crippen LogP contribution in [0.15, 0.2) is 46.3 Å². The standard InChI is InChI=1S/C14H12BrNOS/c1-10-2-4-11(5-3-10)16-14(17)9-7-12-6-8-13(15)18-12/h2-9H,1H3,(H,16,17). The molecule has 2 rings (SSSR count). The second-order valence-electron chi connectivity index (χ2n) is 3.83. The number of halogens is 1. The molecule has 0 aliphatic heterocycles. The molecule has 0 aliphatic rings. The minimum absolute atomic E-state index is 0.122. The molecular formula is C14H12BrNOS. The average Bonchev–Trinajstić information content (AvgIpc) is 2.76. The molecule has 1 aromatic carbocycles. The molecule has 2 aromatic rings. The summed E-state index contributed by atoms with van der Waals surface area (Å²) in [5.74, 6) is -0.122. The van der Waals surface area contributed by atoms with Gasteiger partial charge in [0.25, 0.3) is 0 Å². The number of hydrogen-bond donors (Lipinski definition) is 1. The van der Waals surface area contributed by atoms with E-state index >= 15 is 0 Å². The van der Waals surface area contributed by atoms with Gasteiger partial charge in [0.15, 0.2) is 0 Å². The van der Waals surface area contributed by atoms with E-state index in [1.54, 1.807) is 17.4 Å². The summed E-state index contributed by atoms with van der Waals surface area (Å²) in [5.41, 5.74) is 1.98. The van der Waals surface area contributed by atoms with Crippen LogP contribution in [0.3, 0.4) is 0 Å². The lowest BCUT2D eigenvalue weighted by atomic mass is 10.2.